The predicted molar refractivity (Wildman–Crippen MR) is 120 cm³/mol. The molecule has 2 aliphatic rings. The maximum Gasteiger partial charge on any atom is 0.225 e. The van der Waals surface area contributed by atoms with Gasteiger partial charge in [0.15, 0.2) is 17.3 Å². The summed E-state index contributed by atoms with van der Waals surface area (Å²) in [6, 6.07) is 11.7. The number of carbonyl (C=O) groups excluding carboxylic acids is 2. The summed E-state index contributed by atoms with van der Waals surface area (Å²) in [5.41, 5.74) is 4.41. The molecule has 0 spiro atoms. The fraction of sp³-hybridized carbons (Fsp3) is 0.360. The predicted octanol–water partition coefficient (Wildman–Crippen LogP) is 5.01. The highest BCUT2D eigenvalue weighted by Crippen LogP contribution is 2.45. The summed E-state index contributed by atoms with van der Waals surface area (Å²) in [7, 11) is 0. The number of allylic oxidation sites excluding steroid dienone is 2. The lowest BCUT2D eigenvalue weighted by Gasteiger charge is -2.34. The van der Waals surface area contributed by atoms with E-state index in [0.29, 0.717) is 36.3 Å². The zero-order valence-electron chi connectivity index (χ0n) is 17.7. The van der Waals surface area contributed by atoms with Crippen molar-refractivity contribution in [3.63, 3.8) is 0 Å². The number of aryl methyl sites for hydroxylation is 1. The Balaban J connectivity index is 1.70. The van der Waals surface area contributed by atoms with Gasteiger partial charge in [-0.3, -0.25) is 9.59 Å². The first kappa shape index (κ1) is 21.4. The van der Waals surface area contributed by atoms with Gasteiger partial charge in [-0.2, -0.15) is 0 Å². The lowest BCUT2D eigenvalue weighted by molar-refractivity contribution is -0.122. The molecule has 0 fully saturated rings. The van der Waals surface area contributed by atoms with Crippen LogP contribution in [0.5, 0.6) is 11.5 Å². The van der Waals surface area contributed by atoms with Crippen LogP contribution in [0.25, 0.3) is 0 Å². The number of hydrogen-bond donors (Lipinski definition) is 2. The van der Waals surface area contributed by atoms with E-state index >= 15 is 0 Å². The average Bonchev–Trinajstić information content (AvgIpc) is 2.76. The van der Waals surface area contributed by atoms with Crippen LogP contribution in [-0.4, -0.2) is 23.4 Å². The number of Topliss-reactive ketones (excluding diaryl/α,β-unsaturated/α-hetero) is 1. The van der Waals surface area contributed by atoms with E-state index in [1.807, 2.05) is 6.92 Å². The maximum atomic E-state index is 13.3. The van der Waals surface area contributed by atoms with Crippen molar-refractivity contribution in [3.8, 4) is 11.5 Å². The second kappa shape index (κ2) is 8.75. The van der Waals surface area contributed by atoms with Crippen LogP contribution in [0.4, 0.5) is 0 Å². The number of phenols is 1. The summed E-state index contributed by atoms with van der Waals surface area (Å²) >= 11 is 6.22. The molecule has 31 heavy (non-hydrogen) atoms. The van der Waals surface area contributed by atoms with Crippen LogP contribution in [0.15, 0.2) is 47.7 Å². The Hall–Kier alpha value is -2.79. The third-order valence-corrected chi connectivity index (χ3v) is 6.44. The quantitative estimate of drug-likeness (QED) is 0.686. The van der Waals surface area contributed by atoms with Crippen LogP contribution in [0.3, 0.4) is 0 Å². The van der Waals surface area contributed by atoms with Crippen LogP contribution in [0, 0.1) is 0 Å². The van der Waals surface area contributed by atoms with Gasteiger partial charge in [-0.05, 0) is 54.5 Å². The minimum Gasteiger partial charge on any atom is -0.503 e. The Morgan fingerprint density at radius 3 is 2.48 bits per heavy atom. The third kappa shape index (κ3) is 4.19. The number of halogens is 1. The summed E-state index contributed by atoms with van der Waals surface area (Å²) in [5.74, 6) is -0.322. The Morgan fingerprint density at radius 2 is 1.81 bits per heavy atom. The first-order valence-electron chi connectivity index (χ1n) is 10.7. The van der Waals surface area contributed by atoms with Crippen molar-refractivity contribution >= 4 is 23.3 Å². The largest absolute Gasteiger partial charge is 0.503 e. The first-order chi connectivity index (χ1) is 14.9. The number of amides is 1. The van der Waals surface area contributed by atoms with Gasteiger partial charge in [0.05, 0.1) is 11.6 Å². The van der Waals surface area contributed by atoms with Gasteiger partial charge < -0.3 is 15.2 Å². The lowest BCUT2D eigenvalue weighted by atomic mass is 9.73. The standard InChI is InChI=1S/C25H26ClNO4/c1-3-14-5-7-15(8-6-14)16-10-20-24(21(28)11-16)18(13-23(29)27-20)17-9-19(26)25(30)22(12-17)31-4-2/h5-9,12,16,18,30H,3-4,10-11,13H2,1-2H3,(H,27,29). The van der Waals surface area contributed by atoms with Gasteiger partial charge in [0, 0.05) is 30.0 Å². The molecule has 0 radical (unpaired) electrons. The molecule has 2 aromatic carbocycles. The third-order valence-electron chi connectivity index (χ3n) is 6.15. The molecule has 2 unspecified atom stereocenters. The summed E-state index contributed by atoms with van der Waals surface area (Å²) in [6.07, 6.45) is 2.14. The van der Waals surface area contributed by atoms with Crippen LogP contribution >= 0.6 is 11.6 Å². The molecule has 2 atom stereocenters. The van der Waals surface area contributed by atoms with E-state index in [4.69, 9.17) is 16.3 Å². The molecule has 2 aromatic rings. The molecule has 1 heterocycles. The fourth-order valence-electron chi connectivity index (χ4n) is 4.57. The van der Waals surface area contributed by atoms with Gasteiger partial charge >= 0.3 is 0 Å². The molecular formula is C25H26ClNO4. The highest BCUT2D eigenvalue weighted by molar-refractivity contribution is 6.32. The summed E-state index contributed by atoms with van der Waals surface area (Å²) < 4.78 is 5.50. The smallest absolute Gasteiger partial charge is 0.225 e. The van der Waals surface area contributed by atoms with E-state index in [9.17, 15) is 14.7 Å². The van der Waals surface area contributed by atoms with Crippen molar-refractivity contribution in [2.45, 2.75) is 51.4 Å². The Bertz CT molecular complexity index is 1060. The zero-order valence-corrected chi connectivity index (χ0v) is 18.5. The molecule has 0 saturated heterocycles. The van der Waals surface area contributed by atoms with Gasteiger partial charge in [-0.25, -0.2) is 0 Å². The number of carbonyl (C=O) groups is 2. The zero-order chi connectivity index (χ0) is 22.1. The first-order valence-corrected chi connectivity index (χ1v) is 11.1. The van der Waals surface area contributed by atoms with Crippen LogP contribution in [-0.2, 0) is 16.0 Å². The summed E-state index contributed by atoms with van der Waals surface area (Å²) in [6.45, 7) is 4.29. The molecule has 162 valence electrons. The molecule has 5 nitrogen and oxygen atoms in total. The molecule has 6 heteroatoms. The molecule has 1 amide bonds. The molecule has 4 rings (SSSR count). The summed E-state index contributed by atoms with van der Waals surface area (Å²) in [4.78, 5) is 25.8. The van der Waals surface area contributed by atoms with Crippen molar-refractivity contribution in [3.05, 3.63) is 69.4 Å². The van der Waals surface area contributed by atoms with E-state index < -0.39 is 5.92 Å². The molecule has 0 bridgehead atoms. The van der Waals surface area contributed by atoms with Gasteiger partial charge in [-0.1, -0.05) is 42.8 Å². The highest BCUT2D eigenvalue weighted by Gasteiger charge is 2.38. The topological polar surface area (TPSA) is 75.6 Å². The number of aromatic hydroxyl groups is 1. The monoisotopic (exact) mass is 439 g/mol. The van der Waals surface area contributed by atoms with Crippen molar-refractivity contribution in [1.82, 2.24) is 5.32 Å². The minimum absolute atomic E-state index is 0.0398. The number of ether oxygens (including phenoxy) is 1. The van der Waals surface area contributed by atoms with Crippen molar-refractivity contribution in [2.24, 2.45) is 0 Å². The molecule has 0 saturated carbocycles. The minimum atomic E-state index is -0.406. The van der Waals surface area contributed by atoms with E-state index in [1.54, 1.807) is 12.1 Å². The van der Waals surface area contributed by atoms with Crippen molar-refractivity contribution < 1.29 is 19.4 Å². The fourth-order valence-corrected chi connectivity index (χ4v) is 4.79. The maximum absolute atomic E-state index is 13.3. The van der Waals surface area contributed by atoms with Crippen LogP contribution in [0.1, 0.15) is 61.6 Å². The van der Waals surface area contributed by atoms with E-state index in [2.05, 4.69) is 36.5 Å². The Morgan fingerprint density at radius 1 is 1.06 bits per heavy atom. The highest BCUT2D eigenvalue weighted by atomic mass is 35.5. The second-order valence-electron chi connectivity index (χ2n) is 8.10. The van der Waals surface area contributed by atoms with E-state index in [-0.39, 0.29) is 40.6 Å². The molecular weight excluding hydrogens is 414 g/mol. The van der Waals surface area contributed by atoms with Crippen LogP contribution in [0.2, 0.25) is 5.02 Å². The average molecular weight is 440 g/mol. The van der Waals surface area contributed by atoms with Crippen LogP contribution < -0.4 is 10.1 Å². The molecule has 1 aliphatic heterocycles. The van der Waals surface area contributed by atoms with E-state index in [0.717, 1.165) is 12.0 Å². The van der Waals surface area contributed by atoms with Crippen molar-refractivity contribution in [1.29, 1.82) is 0 Å². The number of ketones is 1. The number of nitrogens with one attached hydrogen (secondary N) is 1. The molecule has 2 N–H and O–H groups in total. The number of phenolic OH excluding ortho intramolecular Hbond substituents is 1. The lowest BCUT2D eigenvalue weighted by Crippen LogP contribution is -2.38. The second-order valence-corrected chi connectivity index (χ2v) is 8.51. The van der Waals surface area contributed by atoms with Gasteiger partial charge in [0.25, 0.3) is 0 Å². The number of hydrogen-bond acceptors (Lipinski definition) is 4. The van der Waals surface area contributed by atoms with Gasteiger partial charge in [-0.15, -0.1) is 0 Å². The molecule has 1 aliphatic carbocycles. The normalized spacial score (nSPS) is 21.0. The van der Waals surface area contributed by atoms with Crippen molar-refractivity contribution in [2.75, 3.05) is 6.61 Å². The SMILES string of the molecule is CCOc1cc(C2CC(=O)NC3=C2C(=O)CC(c2ccc(CC)cc2)C3)cc(Cl)c1O. The number of rotatable bonds is 5. The van der Waals surface area contributed by atoms with Gasteiger partial charge in [0.1, 0.15) is 0 Å². The Labute approximate surface area is 187 Å². The summed E-state index contributed by atoms with van der Waals surface area (Å²) in [5, 5.41) is 13.3. The van der Waals surface area contributed by atoms with E-state index in [1.165, 1.54) is 5.56 Å². The number of benzene rings is 2. The van der Waals surface area contributed by atoms with Gasteiger partial charge in [0.2, 0.25) is 5.91 Å². The Kier molecular flexibility index (Phi) is 6.05. The molecule has 0 aromatic heterocycles.